The molecule has 3 heteroatoms. The van der Waals surface area contributed by atoms with Gasteiger partial charge in [0.15, 0.2) is 0 Å². The van der Waals surface area contributed by atoms with Crippen LogP contribution in [0.5, 0.6) is 0 Å². The average molecular weight is 276 g/mol. The lowest BCUT2D eigenvalue weighted by Gasteiger charge is -2.34. The van der Waals surface area contributed by atoms with E-state index in [0.717, 1.165) is 39.1 Å². The van der Waals surface area contributed by atoms with Crippen molar-refractivity contribution < 1.29 is 5.11 Å². The Morgan fingerprint density at radius 2 is 2.00 bits per heavy atom. The van der Waals surface area contributed by atoms with Gasteiger partial charge in [0.25, 0.3) is 0 Å². The van der Waals surface area contributed by atoms with Crippen LogP contribution in [0.1, 0.15) is 25.8 Å². The molecule has 2 rings (SSSR count). The van der Waals surface area contributed by atoms with Gasteiger partial charge in [0.05, 0.1) is 6.10 Å². The predicted molar refractivity (Wildman–Crippen MR) is 83.6 cm³/mol. The maximum atomic E-state index is 9.62. The highest BCUT2D eigenvalue weighted by molar-refractivity contribution is 5.14. The van der Waals surface area contributed by atoms with E-state index in [2.05, 4.69) is 61.0 Å². The summed E-state index contributed by atoms with van der Waals surface area (Å²) in [6.07, 6.45) is 0.809. The first kappa shape index (κ1) is 15.5. The minimum absolute atomic E-state index is 0.118. The fraction of sp³-hybridized carbons (Fsp3) is 0.647. The number of hydrogen-bond donors (Lipinski definition) is 1. The van der Waals surface area contributed by atoms with Crippen molar-refractivity contribution in [2.75, 3.05) is 33.2 Å². The van der Waals surface area contributed by atoms with Crippen molar-refractivity contribution in [3.8, 4) is 0 Å². The van der Waals surface area contributed by atoms with Crippen LogP contribution in [0.15, 0.2) is 30.3 Å². The number of hydrogen-bond acceptors (Lipinski definition) is 3. The first-order valence-corrected chi connectivity index (χ1v) is 7.57. The SMILES string of the molecule is CN(Cc1ccccc1)CC(C)(C)CN1CC[C@@H](O)C1. The second-order valence-corrected chi connectivity index (χ2v) is 7.00. The van der Waals surface area contributed by atoms with Crippen molar-refractivity contribution >= 4 is 0 Å². The van der Waals surface area contributed by atoms with Gasteiger partial charge in [-0.1, -0.05) is 44.2 Å². The van der Waals surface area contributed by atoms with Crippen molar-refractivity contribution in [1.29, 1.82) is 0 Å². The Hall–Kier alpha value is -0.900. The predicted octanol–water partition coefficient (Wildman–Crippen LogP) is 2.21. The fourth-order valence-corrected chi connectivity index (χ4v) is 3.29. The number of aliphatic hydroxyl groups excluding tert-OH is 1. The quantitative estimate of drug-likeness (QED) is 0.863. The van der Waals surface area contributed by atoms with Crippen molar-refractivity contribution in [2.24, 2.45) is 5.41 Å². The number of nitrogens with zero attached hydrogens (tertiary/aromatic N) is 2. The minimum atomic E-state index is -0.118. The average Bonchev–Trinajstić information content (AvgIpc) is 2.74. The summed E-state index contributed by atoms with van der Waals surface area (Å²) >= 11 is 0. The maximum Gasteiger partial charge on any atom is 0.0679 e. The zero-order valence-electron chi connectivity index (χ0n) is 13.0. The van der Waals surface area contributed by atoms with Crippen LogP contribution in [-0.4, -0.2) is 54.2 Å². The molecule has 1 saturated heterocycles. The summed E-state index contributed by atoms with van der Waals surface area (Å²) < 4.78 is 0. The molecule has 0 spiro atoms. The summed E-state index contributed by atoms with van der Waals surface area (Å²) in [5, 5.41) is 9.62. The lowest BCUT2D eigenvalue weighted by molar-refractivity contribution is 0.127. The van der Waals surface area contributed by atoms with E-state index in [4.69, 9.17) is 0 Å². The van der Waals surface area contributed by atoms with Crippen LogP contribution in [0, 0.1) is 5.41 Å². The summed E-state index contributed by atoms with van der Waals surface area (Å²) in [4.78, 5) is 4.78. The second kappa shape index (κ2) is 6.70. The van der Waals surface area contributed by atoms with Gasteiger partial charge in [-0.05, 0) is 24.4 Å². The molecule has 112 valence electrons. The van der Waals surface area contributed by atoms with Crippen LogP contribution < -0.4 is 0 Å². The van der Waals surface area contributed by atoms with E-state index in [-0.39, 0.29) is 11.5 Å². The molecule has 1 atom stereocenters. The minimum Gasteiger partial charge on any atom is -0.392 e. The van der Waals surface area contributed by atoms with E-state index in [1.165, 1.54) is 5.56 Å². The Labute approximate surface area is 123 Å². The summed E-state index contributed by atoms with van der Waals surface area (Å²) in [7, 11) is 2.19. The van der Waals surface area contributed by atoms with Gasteiger partial charge >= 0.3 is 0 Å². The van der Waals surface area contributed by atoms with E-state index in [1.54, 1.807) is 0 Å². The van der Waals surface area contributed by atoms with Gasteiger partial charge in [-0.2, -0.15) is 0 Å². The normalized spacial score (nSPS) is 20.8. The van der Waals surface area contributed by atoms with Gasteiger partial charge in [-0.25, -0.2) is 0 Å². The van der Waals surface area contributed by atoms with Crippen molar-refractivity contribution in [3.63, 3.8) is 0 Å². The van der Waals surface area contributed by atoms with E-state index >= 15 is 0 Å². The van der Waals surface area contributed by atoms with Crippen molar-refractivity contribution in [1.82, 2.24) is 9.80 Å². The number of rotatable bonds is 6. The molecule has 0 radical (unpaired) electrons. The summed E-state index contributed by atoms with van der Waals surface area (Å²) in [6, 6.07) is 10.6. The summed E-state index contributed by atoms with van der Waals surface area (Å²) in [5.41, 5.74) is 1.61. The van der Waals surface area contributed by atoms with Gasteiger partial charge < -0.3 is 14.9 Å². The number of β-amino-alcohol motifs (C(OH)–C–C–N with tert-alkyl or cyclic N) is 1. The zero-order valence-corrected chi connectivity index (χ0v) is 13.0. The fourth-order valence-electron chi connectivity index (χ4n) is 3.29. The van der Waals surface area contributed by atoms with Gasteiger partial charge in [0.1, 0.15) is 0 Å². The molecule has 0 aromatic heterocycles. The largest absolute Gasteiger partial charge is 0.392 e. The van der Waals surface area contributed by atoms with Crippen LogP contribution in [0.2, 0.25) is 0 Å². The molecule has 1 aromatic rings. The maximum absolute atomic E-state index is 9.62. The van der Waals surface area contributed by atoms with Crippen LogP contribution in [0.25, 0.3) is 0 Å². The Bertz CT molecular complexity index is 405. The molecule has 0 aliphatic carbocycles. The lowest BCUT2D eigenvalue weighted by Crippen LogP contribution is -2.40. The van der Waals surface area contributed by atoms with E-state index in [9.17, 15) is 5.11 Å². The van der Waals surface area contributed by atoms with Crippen molar-refractivity contribution in [3.05, 3.63) is 35.9 Å². The zero-order chi connectivity index (χ0) is 14.6. The van der Waals surface area contributed by atoms with E-state index in [0.29, 0.717) is 0 Å². The molecule has 0 amide bonds. The molecule has 1 fully saturated rings. The molecule has 3 nitrogen and oxygen atoms in total. The molecular weight excluding hydrogens is 248 g/mol. The third-order valence-corrected chi connectivity index (χ3v) is 3.89. The number of aliphatic hydroxyl groups is 1. The Morgan fingerprint density at radius 3 is 2.60 bits per heavy atom. The van der Waals surface area contributed by atoms with E-state index in [1.807, 2.05) is 0 Å². The highest BCUT2D eigenvalue weighted by atomic mass is 16.3. The molecule has 1 heterocycles. The number of likely N-dealkylation sites (tertiary alicyclic amines) is 1. The summed E-state index contributed by atoms with van der Waals surface area (Å²) in [6.45, 7) is 9.63. The van der Waals surface area contributed by atoms with Crippen LogP contribution >= 0.6 is 0 Å². The molecule has 1 aliphatic rings. The monoisotopic (exact) mass is 276 g/mol. The molecule has 0 unspecified atom stereocenters. The molecule has 1 aliphatic heterocycles. The van der Waals surface area contributed by atoms with Crippen LogP contribution in [0.3, 0.4) is 0 Å². The topological polar surface area (TPSA) is 26.7 Å². The second-order valence-electron chi connectivity index (χ2n) is 7.00. The summed E-state index contributed by atoms with van der Waals surface area (Å²) in [5.74, 6) is 0. The molecular formula is C17H28N2O. The van der Waals surface area contributed by atoms with Crippen LogP contribution in [-0.2, 0) is 6.54 Å². The Balaban J connectivity index is 1.81. The van der Waals surface area contributed by atoms with Gasteiger partial charge in [0, 0.05) is 32.7 Å². The van der Waals surface area contributed by atoms with Gasteiger partial charge in [-0.15, -0.1) is 0 Å². The third-order valence-electron chi connectivity index (χ3n) is 3.89. The molecule has 1 N–H and O–H groups in total. The van der Waals surface area contributed by atoms with Gasteiger partial charge in [-0.3, -0.25) is 0 Å². The van der Waals surface area contributed by atoms with Gasteiger partial charge in [0.2, 0.25) is 0 Å². The third kappa shape index (κ3) is 4.89. The molecule has 0 saturated carbocycles. The molecule has 20 heavy (non-hydrogen) atoms. The van der Waals surface area contributed by atoms with Crippen LogP contribution in [0.4, 0.5) is 0 Å². The highest BCUT2D eigenvalue weighted by Gasteiger charge is 2.28. The van der Waals surface area contributed by atoms with E-state index < -0.39 is 0 Å². The number of benzene rings is 1. The standard InChI is InChI=1S/C17H28N2O/c1-17(2,14-19-10-9-16(20)12-19)13-18(3)11-15-7-5-4-6-8-15/h4-8,16,20H,9-14H2,1-3H3/t16-/m1/s1. The smallest absolute Gasteiger partial charge is 0.0679 e. The Morgan fingerprint density at radius 1 is 1.30 bits per heavy atom. The first-order chi connectivity index (χ1) is 9.44. The first-order valence-electron chi connectivity index (χ1n) is 7.57. The molecule has 0 bridgehead atoms. The highest BCUT2D eigenvalue weighted by Crippen LogP contribution is 2.22. The van der Waals surface area contributed by atoms with Crippen molar-refractivity contribution in [2.45, 2.75) is 32.9 Å². The lowest BCUT2D eigenvalue weighted by atomic mass is 9.92. The molecule has 1 aromatic carbocycles. The Kier molecular flexibility index (Phi) is 5.19.